The third-order valence-corrected chi connectivity index (χ3v) is 6.48. The second-order valence-electron chi connectivity index (χ2n) is 6.31. The van der Waals surface area contributed by atoms with E-state index in [0.717, 1.165) is 22.4 Å². The van der Waals surface area contributed by atoms with Crippen molar-refractivity contribution in [3.8, 4) is 11.5 Å². The van der Waals surface area contributed by atoms with E-state index in [2.05, 4.69) is 0 Å². The Balaban J connectivity index is 1.62. The van der Waals surface area contributed by atoms with Gasteiger partial charge in [-0.3, -0.25) is 0 Å². The van der Waals surface area contributed by atoms with Crippen LogP contribution >= 0.6 is 0 Å². The average Bonchev–Trinajstić information content (AvgIpc) is 2.99. The Morgan fingerprint density at radius 3 is 2.46 bits per heavy atom. The van der Waals surface area contributed by atoms with Crippen molar-refractivity contribution in [3.63, 3.8) is 0 Å². The molecular formula is C18H19NO4S. The third-order valence-electron chi connectivity index (χ3n) is 4.58. The van der Waals surface area contributed by atoms with Crippen LogP contribution in [-0.4, -0.2) is 25.6 Å². The van der Waals surface area contributed by atoms with Gasteiger partial charge in [0.15, 0.2) is 11.5 Å². The average molecular weight is 345 g/mol. The van der Waals surface area contributed by atoms with Crippen molar-refractivity contribution in [2.75, 3.05) is 6.79 Å². The molecule has 1 unspecified atom stereocenters. The van der Waals surface area contributed by atoms with E-state index in [4.69, 9.17) is 9.47 Å². The maximum atomic E-state index is 12.9. The van der Waals surface area contributed by atoms with E-state index in [1.54, 1.807) is 4.31 Å². The minimum atomic E-state index is -3.38. The summed E-state index contributed by atoms with van der Waals surface area (Å²) < 4.78 is 38.2. The predicted molar refractivity (Wildman–Crippen MR) is 90.3 cm³/mol. The molecule has 0 N–H and O–H groups in total. The van der Waals surface area contributed by atoms with Crippen molar-refractivity contribution in [1.82, 2.24) is 4.31 Å². The topological polar surface area (TPSA) is 55.8 Å². The number of benzene rings is 2. The molecule has 0 amide bonds. The third kappa shape index (κ3) is 2.76. The Morgan fingerprint density at radius 1 is 1.08 bits per heavy atom. The molecule has 2 aromatic carbocycles. The van der Waals surface area contributed by atoms with Crippen LogP contribution in [0.1, 0.15) is 23.6 Å². The second kappa shape index (κ2) is 5.79. The van der Waals surface area contributed by atoms with Gasteiger partial charge in [-0.05, 0) is 42.2 Å². The molecule has 0 radical (unpaired) electrons. The van der Waals surface area contributed by atoms with Gasteiger partial charge >= 0.3 is 0 Å². The summed E-state index contributed by atoms with van der Waals surface area (Å²) in [7, 11) is -3.38. The lowest BCUT2D eigenvalue weighted by Crippen LogP contribution is -2.43. The molecule has 0 saturated carbocycles. The standard InChI is InChI=1S/C18H19NO4S/c1-13-7-15-8-17-18(23-12-22-17)9-16(15)10-19(13)24(20,21)11-14-5-3-2-4-6-14/h2-6,8-9,13H,7,10-12H2,1H3. The lowest BCUT2D eigenvalue weighted by atomic mass is 9.96. The molecule has 4 rings (SSSR count). The van der Waals surface area contributed by atoms with Gasteiger partial charge in [-0.25, -0.2) is 8.42 Å². The molecule has 2 aromatic rings. The van der Waals surface area contributed by atoms with E-state index in [1.807, 2.05) is 49.4 Å². The van der Waals surface area contributed by atoms with Crippen molar-refractivity contribution in [1.29, 1.82) is 0 Å². The Hall–Kier alpha value is -2.05. The van der Waals surface area contributed by atoms with Crippen LogP contribution in [0.5, 0.6) is 11.5 Å². The Labute approximate surface area is 141 Å². The summed E-state index contributed by atoms with van der Waals surface area (Å²) in [5, 5.41) is 0. The Morgan fingerprint density at radius 2 is 1.75 bits per heavy atom. The molecule has 24 heavy (non-hydrogen) atoms. The molecule has 126 valence electrons. The zero-order chi connectivity index (χ0) is 16.7. The first-order valence-electron chi connectivity index (χ1n) is 7.98. The van der Waals surface area contributed by atoms with E-state index < -0.39 is 10.0 Å². The van der Waals surface area contributed by atoms with Crippen LogP contribution in [0.25, 0.3) is 0 Å². The zero-order valence-corrected chi connectivity index (χ0v) is 14.3. The summed E-state index contributed by atoms with van der Waals surface area (Å²) in [4.78, 5) is 0. The highest BCUT2D eigenvalue weighted by molar-refractivity contribution is 7.88. The summed E-state index contributed by atoms with van der Waals surface area (Å²) in [6, 6.07) is 13.1. The van der Waals surface area contributed by atoms with E-state index in [1.165, 1.54) is 0 Å². The minimum Gasteiger partial charge on any atom is -0.454 e. The minimum absolute atomic E-state index is 0.0259. The molecule has 1 atom stereocenters. The highest BCUT2D eigenvalue weighted by Gasteiger charge is 2.33. The van der Waals surface area contributed by atoms with Crippen LogP contribution in [0.2, 0.25) is 0 Å². The first-order chi connectivity index (χ1) is 11.5. The number of ether oxygens (including phenoxy) is 2. The van der Waals surface area contributed by atoms with Crippen molar-refractivity contribution in [2.45, 2.75) is 31.7 Å². The molecule has 0 saturated heterocycles. The summed E-state index contributed by atoms with van der Waals surface area (Å²) in [6.45, 7) is 2.56. The Bertz CT molecular complexity index is 864. The van der Waals surface area contributed by atoms with Gasteiger partial charge in [-0.1, -0.05) is 30.3 Å². The molecule has 0 fully saturated rings. The molecular weight excluding hydrogens is 326 g/mol. The summed E-state index contributed by atoms with van der Waals surface area (Å²) >= 11 is 0. The van der Waals surface area contributed by atoms with Crippen LogP contribution in [-0.2, 0) is 28.7 Å². The van der Waals surface area contributed by atoms with Crippen molar-refractivity contribution >= 4 is 10.0 Å². The lowest BCUT2D eigenvalue weighted by molar-refractivity contribution is 0.174. The number of nitrogens with zero attached hydrogens (tertiary/aromatic N) is 1. The van der Waals surface area contributed by atoms with E-state index in [-0.39, 0.29) is 18.6 Å². The molecule has 2 heterocycles. The van der Waals surface area contributed by atoms with Gasteiger partial charge in [0.1, 0.15) is 0 Å². The molecule has 0 bridgehead atoms. The van der Waals surface area contributed by atoms with Gasteiger partial charge < -0.3 is 9.47 Å². The van der Waals surface area contributed by atoms with Crippen LogP contribution < -0.4 is 9.47 Å². The largest absolute Gasteiger partial charge is 0.454 e. The first kappa shape index (κ1) is 15.5. The SMILES string of the molecule is CC1Cc2cc3c(cc2CN1S(=O)(=O)Cc1ccccc1)OCO3. The molecule has 2 aliphatic heterocycles. The number of hydrogen-bond acceptors (Lipinski definition) is 4. The fourth-order valence-electron chi connectivity index (χ4n) is 3.35. The van der Waals surface area contributed by atoms with Crippen LogP contribution in [0.3, 0.4) is 0 Å². The van der Waals surface area contributed by atoms with Crippen molar-refractivity contribution < 1.29 is 17.9 Å². The van der Waals surface area contributed by atoms with E-state index in [9.17, 15) is 8.42 Å². The van der Waals surface area contributed by atoms with Gasteiger partial charge in [0.25, 0.3) is 0 Å². The lowest BCUT2D eigenvalue weighted by Gasteiger charge is -2.34. The summed E-state index contributed by atoms with van der Waals surface area (Å²) in [6.07, 6.45) is 0.681. The smallest absolute Gasteiger partial charge is 0.231 e. The fourth-order valence-corrected chi connectivity index (χ4v) is 5.09. The van der Waals surface area contributed by atoms with Crippen LogP contribution in [0, 0.1) is 0 Å². The van der Waals surface area contributed by atoms with Crippen LogP contribution in [0.4, 0.5) is 0 Å². The van der Waals surface area contributed by atoms with Gasteiger partial charge in [0.2, 0.25) is 16.8 Å². The maximum Gasteiger partial charge on any atom is 0.231 e. The highest BCUT2D eigenvalue weighted by Crippen LogP contribution is 2.38. The van der Waals surface area contributed by atoms with Crippen molar-refractivity contribution in [3.05, 3.63) is 59.2 Å². The molecule has 5 nitrogen and oxygen atoms in total. The van der Waals surface area contributed by atoms with Gasteiger partial charge in [0, 0.05) is 12.6 Å². The number of fused-ring (bicyclic) bond motifs is 2. The second-order valence-corrected chi connectivity index (χ2v) is 8.24. The molecule has 0 aliphatic carbocycles. The first-order valence-corrected chi connectivity index (χ1v) is 9.59. The quantitative estimate of drug-likeness (QED) is 0.858. The molecule has 2 aliphatic rings. The molecule has 0 aromatic heterocycles. The highest BCUT2D eigenvalue weighted by atomic mass is 32.2. The number of rotatable bonds is 3. The normalized spacial score (nSPS) is 20.0. The predicted octanol–water partition coefficient (Wildman–Crippen LogP) is 2.69. The number of sulfonamides is 1. The number of hydrogen-bond donors (Lipinski definition) is 0. The van der Waals surface area contributed by atoms with Crippen molar-refractivity contribution in [2.24, 2.45) is 0 Å². The zero-order valence-electron chi connectivity index (χ0n) is 13.4. The summed E-state index contributed by atoms with van der Waals surface area (Å²) in [5.74, 6) is 1.48. The maximum absolute atomic E-state index is 12.9. The van der Waals surface area contributed by atoms with Gasteiger partial charge in [-0.2, -0.15) is 4.31 Å². The van der Waals surface area contributed by atoms with Gasteiger partial charge in [-0.15, -0.1) is 0 Å². The van der Waals surface area contributed by atoms with E-state index in [0.29, 0.717) is 18.7 Å². The summed E-state index contributed by atoms with van der Waals surface area (Å²) in [5.41, 5.74) is 2.94. The monoisotopic (exact) mass is 345 g/mol. The Kier molecular flexibility index (Phi) is 3.73. The van der Waals surface area contributed by atoms with Crippen LogP contribution in [0.15, 0.2) is 42.5 Å². The fraction of sp³-hybridized carbons (Fsp3) is 0.333. The van der Waals surface area contributed by atoms with E-state index >= 15 is 0 Å². The van der Waals surface area contributed by atoms with Gasteiger partial charge in [0.05, 0.1) is 5.75 Å². The molecule has 6 heteroatoms. The molecule has 0 spiro atoms.